The Labute approximate surface area is 183 Å². The molecule has 2 aromatic carbocycles. The van der Waals surface area contributed by atoms with Crippen molar-refractivity contribution in [2.45, 2.75) is 10.9 Å². The minimum absolute atomic E-state index is 0.0165. The molecule has 3 rings (SSSR count). The molecule has 0 radical (unpaired) electrons. The second-order valence-electron chi connectivity index (χ2n) is 6.54. The molecule has 1 aliphatic rings. The molecule has 0 saturated carbocycles. The van der Waals surface area contributed by atoms with Crippen LogP contribution in [0, 0.1) is 0 Å². The van der Waals surface area contributed by atoms with Crippen molar-refractivity contribution in [3.63, 3.8) is 0 Å². The lowest BCUT2D eigenvalue weighted by molar-refractivity contribution is -0.136. The highest BCUT2D eigenvalue weighted by Crippen LogP contribution is 2.34. The van der Waals surface area contributed by atoms with Gasteiger partial charge >= 0.3 is 12.0 Å². The van der Waals surface area contributed by atoms with Crippen LogP contribution in [0.4, 0.5) is 4.79 Å². The molecule has 0 bridgehead atoms. The molecule has 0 aromatic heterocycles. The normalized spacial score (nSPS) is 16.4. The van der Waals surface area contributed by atoms with Crippen molar-refractivity contribution in [3.05, 3.63) is 64.3 Å². The van der Waals surface area contributed by atoms with Crippen LogP contribution in [-0.2, 0) is 19.4 Å². The molecular weight excluding hydrogens is 448 g/mol. The molecule has 1 aliphatic heterocycles. The standard InChI is InChI=1S/C20H19ClN2O7S/c1-29-15-9-11(7-8-14(15)24)18-17(19(25)30-2)13(22-20(26)23-18)10-31(27,28)16-6-4-3-5-12(16)21/h3-9,18,24H,10H2,1-2H3,(H2,22,23,26)/t18-/m0/s1. The second-order valence-corrected chi connectivity index (χ2v) is 8.90. The van der Waals surface area contributed by atoms with E-state index in [-0.39, 0.29) is 32.7 Å². The molecule has 0 aliphatic carbocycles. The van der Waals surface area contributed by atoms with Gasteiger partial charge in [0.25, 0.3) is 0 Å². The highest BCUT2D eigenvalue weighted by Gasteiger charge is 2.36. The number of amides is 2. The fraction of sp³-hybridized carbons (Fsp3) is 0.200. The summed E-state index contributed by atoms with van der Waals surface area (Å²) in [5, 5.41) is 14.8. The molecule has 1 heterocycles. The van der Waals surface area contributed by atoms with Gasteiger partial charge in [0.1, 0.15) is 0 Å². The zero-order valence-corrected chi connectivity index (χ0v) is 18.1. The number of phenols is 1. The van der Waals surface area contributed by atoms with E-state index < -0.39 is 33.6 Å². The number of esters is 1. The average Bonchev–Trinajstić information content (AvgIpc) is 2.73. The number of benzene rings is 2. The summed E-state index contributed by atoms with van der Waals surface area (Å²) >= 11 is 6.03. The van der Waals surface area contributed by atoms with Gasteiger partial charge in [-0.3, -0.25) is 0 Å². The number of phenolic OH excluding ortho intramolecular Hbond substituents is 1. The van der Waals surface area contributed by atoms with Crippen LogP contribution in [0.1, 0.15) is 11.6 Å². The van der Waals surface area contributed by atoms with Crippen molar-refractivity contribution in [3.8, 4) is 11.5 Å². The first-order valence-corrected chi connectivity index (χ1v) is 10.9. The number of rotatable bonds is 6. The van der Waals surface area contributed by atoms with Gasteiger partial charge in [-0.2, -0.15) is 0 Å². The lowest BCUT2D eigenvalue weighted by Gasteiger charge is -2.29. The largest absolute Gasteiger partial charge is 0.504 e. The Kier molecular flexibility index (Phi) is 6.42. The maximum atomic E-state index is 13.0. The molecule has 164 valence electrons. The van der Waals surface area contributed by atoms with Gasteiger partial charge < -0.3 is 25.2 Å². The number of carbonyl (C=O) groups excluding carboxylic acids is 2. The van der Waals surface area contributed by atoms with E-state index in [9.17, 15) is 23.1 Å². The van der Waals surface area contributed by atoms with Gasteiger partial charge in [0.15, 0.2) is 21.3 Å². The summed E-state index contributed by atoms with van der Waals surface area (Å²) in [6, 6.07) is 8.32. The van der Waals surface area contributed by atoms with Gasteiger partial charge in [-0.05, 0) is 29.8 Å². The monoisotopic (exact) mass is 466 g/mol. The van der Waals surface area contributed by atoms with Crippen molar-refractivity contribution < 1.29 is 32.6 Å². The van der Waals surface area contributed by atoms with E-state index in [4.69, 9.17) is 21.1 Å². The molecule has 0 saturated heterocycles. The summed E-state index contributed by atoms with van der Waals surface area (Å²) in [5.41, 5.74) is 0.121. The molecular formula is C20H19ClN2O7S. The molecule has 9 nitrogen and oxygen atoms in total. The third kappa shape index (κ3) is 4.59. The topological polar surface area (TPSA) is 131 Å². The van der Waals surface area contributed by atoms with Crippen molar-refractivity contribution >= 4 is 33.4 Å². The highest BCUT2D eigenvalue weighted by molar-refractivity contribution is 7.91. The molecule has 11 heteroatoms. The number of hydrogen-bond acceptors (Lipinski definition) is 7. The number of halogens is 1. The van der Waals surface area contributed by atoms with Crippen molar-refractivity contribution in [1.29, 1.82) is 0 Å². The molecule has 1 atom stereocenters. The number of methoxy groups -OCH3 is 2. The SMILES string of the molecule is COC(=O)C1=C(CS(=O)(=O)c2ccccc2Cl)NC(=O)N[C@H]1c1ccc(O)c(OC)c1. The number of ether oxygens (including phenoxy) is 2. The molecule has 0 spiro atoms. The first-order chi connectivity index (χ1) is 14.7. The first-order valence-electron chi connectivity index (χ1n) is 8.91. The van der Waals surface area contributed by atoms with Gasteiger partial charge in [0, 0.05) is 5.70 Å². The Morgan fingerprint density at radius 2 is 1.90 bits per heavy atom. The van der Waals surface area contributed by atoms with E-state index in [0.717, 1.165) is 7.11 Å². The fourth-order valence-corrected chi connectivity index (χ4v) is 5.07. The third-order valence-electron chi connectivity index (χ3n) is 4.60. The molecule has 2 aromatic rings. The fourth-order valence-electron chi connectivity index (χ4n) is 3.17. The number of nitrogens with one attached hydrogen (secondary N) is 2. The smallest absolute Gasteiger partial charge is 0.338 e. The predicted molar refractivity (Wildman–Crippen MR) is 112 cm³/mol. The summed E-state index contributed by atoms with van der Waals surface area (Å²) in [6.07, 6.45) is 0. The minimum atomic E-state index is -4.02. The van der Waals surface area contributed by atoms with Gasteiger partial charge in [-0.15, -0.1) is 0 Å². The van der Waals surface area contributed by atoms with Crippen LogP contribution in [0.15, 0.2) is 58.6 Å². The maximum absolute atomic E-state index is 13.0. The zero-order chi connectivity index (χ0) is 22.8. The third-order valence-corrected chi connectivity index (χ3v) is 6.74. The van der Waals surface area contributed by atoms with E-state index in [0.29, 0.717) is 5.56 Å². The number of aromatic hydroxyl groups is 1. The van der Waals surface area contributed by atoms with Gasteiger partial charge in [0.05, 0.1) is 41.5 Å². The van der Waals surface area contributed by atoms with Crippen LogP contribution in [-0.4, -0.2) is 45.5 Å². The van der Waals surface area contributed by atoms with Crippen molar-refractivity contribution in [2.24, 2.45) is 0 Å². The summed E-state index contributed by atoms with van der Waals surface area (Å²) < 4.78 is 35.9. The van der Waals surface area contributed by atoms with Gasteiger partial charge in [-0.1, -0.05) is 29.8 Å². The first kappa shape index (κ1) is 22.4. The van der Waals surface area contributed by atoms with E-state index >= 15 is 0 Å². The van der Waals surface area contributed by atoms with Crippen LogP contribution in [0.2, 0.25) is 5.02 Å². The Balaban J connectivity index is 2.14. The number of urea groups is 1. The number of hydrogen-bond donors (Lipinski definition) is 3. The lowest BCUT2D eigenvalue weighted by Crippen LogP contribution is -2.47. The van der Waals surface area contributed by atoms with E-state index in [1.165, 1.54) is 43.5 Å². The molecule has 0 fully saturated rings. The predicted octanol–water partition coefficient (Wildman–Crippen LogP) is 2.31. The minimum Gasteiger partial charge on any atom is -0.504 e. The quantitative estimate of drug-likeness (QED) is 0.556. The lowest BCUT2D eigenvalue weighted by atomic mass is 9.95. The Morgan fingerprint density at radius 3 is 2.55 bits per heavy atom. The van der Waals surface area contributed by atoms with Crippen molar-refractivity contribution in [2.75, 3.05) is 20.0 Å². The van der Waals surface area contributed by atoms with Crippen LogP contribution in [0.25, 0.3) is 0 Å². The highest BCUT2D eigenvalue weighted by atomic mass is 35.5. The summed E-state index contributed by atoms with van der Waals surface area (Å²) in [6.45, 7) is 0. The van der Waals surface area contributed by atoms with Crippen LogP contribution < -0.4 is 15.4 Å². The summed E-state index contributed by atoms with van der Waals surface area (Å²) in [4.78, 5) is 24.8. The van der Waals surface area contributed by atoms with E-state index in [1.807, 2.05) is 0 Å². The summed E-state index contributed by atoms with van der Waals surface area (Å²) in [7, 11) is -1.53. The van der Waals surface area contributed by atoms with Crippen LogP contribution in [0.3, 0.4) is 0 Å². The van der Waals surface area contributed by atoms with Crippen LogP contribution >= 0.6 is 11.6 Å². The second kappa shape index (κ2) is 8.86. The van der Waals surface area contributed by atoms with Gasteiger partial charge in [0.2, 0.25) is 0 Å². The molecule has 0 unspecified atom stereocenters. The molecule has 3 N–H and O–H groups in total. The Bertz CT molecular complexity index is 1180. The average molecular weight is 467 g/mol. The Hall–Kier alpha value is -3.24. The molecule has 31 heavy (non-hydrogen) atoms. The zero-order valence-electron chi connectivity index (χ0n) is 16.5. The number of sulfone groups is 1. The van der Waals surface area contributed by atoms with E-state index in [2.05, 4.69) is 10.6 Å². The van der Waals surface area contributed by atoms with Gasteiger partial charge in [-0.25, -0.2) is 18.0 Å². The molecule has 2 amide bonds. The summed E-state index contributed by atoms with van der Waals surface area (Å²) in [5.74, 6) is -1.56. The Morgan fingerprint density at radius 1 is 1.19 bits per heavy atom. The van der Waals surface area contributed by atoms with Crippen LogP contribution in [0.5, 0.6) is 11.5 Å². The van der Waals surface area contributed by atoms with E-state index in [1.54, 1.807) is 6.07 Å². The number of carbonyl (C=O) groups is 2. The maximum Gasteiger partial charge on any atom is 0.338 e. The van der Waals surface area contributed by atoms with Crippen molar-refractivity contribution in [1.82, 2.24) is 10.6 Å².